The van der Waals surface area contributed by atoms with Gasteiger partial charge in [0.25, 0.3) is 0 Å². The number of aromatic nitrogens is 1. The molecule has 0 aliphatic rings. The van der Waals surface area contributed by atoms with E-state index in [-0.39, 0.29) is 11.6 Å². The van der Waals surface area contributed by atoms with Crippen molar-refractivity contribution >= 4 is 10.9 Å². The second-order valence-electron chi connectivity index (χ2n) is 5.57. The Bertz CT molecular complexity index is 852. The van der Waals surface area contributed by atoms with Gasteiger partial charge in [0.15, 0.2) is 11.5 Å². The van der Waals surface area contributed by atoms with E-state index in [4.69, 9.17) is 4.74 Å². The van der Waals surface area contributed by atoms with Crippen LogP contribution in [0.1, 0.15) is 11.1 Å². The van der Waals surface area contributed by atoms with Gasteiger partial charge in [-0.05, 0) is 54.4 Å². The van der Waals surface area contributed by atoms with Crippen LogP contribution in [0.2, 0.25) is 0 Å². The van der Waals surface area contributed by atoms with Crippen LogP contribution in [-0.2, 0) is 13.0 Å². The molecule has 0 saturated carbocycles. The van der Waals surface area contributed by atoms with E-state index in [0.29, 0.717) is 12.3 Å². The molecule has 0 spiro atoms. The standard InChI is InChI=1S/C19H19FN2O2/c1-24-18-9-13(4-5-17(18)23)6-8-21-12-15-11-16(20)10-14-3-2-7-22-19(14)15/h2-5,7,9-11,21,23H,6,8,12H2,1H3. The number of aromatic hydroxyl groups is 1. The SMILES string of the molecule is COc1cc(CCNCc2cc(F)cc3cccnc23)ccc1O. The van der Waals surface area contributed by atoms with Gasteiger partial charge in [-0.3, -0.25) is 4.98 Å². The number of nitrogens with one attached hydrogen (secondary N) is 1. The van der Waals surface area contributed by atoms with Gasteiger partial charge in [0, 0.05) is 18.1 Å². The molecule has 0 unspecified atom stereocenters. The second kappa shape index (κ2) is 7.27. The zero-order valence-corrected chi connectivity index (χ0v) is 13.4. The number of nitrogens with zero attached hydrogens (tertiary/aromatic N) is 1. The molecule has 0 bridgehead atoms. The molecular weight excluding hydrogens is 307 g/mol. The molecule has 3 aromatic rings. The molecule has 3 rings (SSSR count). The summed E-state index contributed by atoms with van der Waals surface area (Å²) in [6, 6.07) is 12.0. The first-order valence-corrected chi connectivity index (χ1v) is 7.77. The van der Waals surface area contributed by atoms with Gasteiger partial charge in [0.1, 0.15) is 5.82 Å². The zero-order valence-electron chi connectivity index (χ0n) is 13.4. The molecule has 2 N–H and O–H groups in total. The number of hydrogen-bond donors (Lipinski definition) is 2. The Kier molecular flexibility index (Phi) is 4.91. The Morgan fingerprint density at radius 3 is 2.92 bits per heavy atom. The van der Waals surface area contributed by atoms with E-state index in [0.717, 1.165) is 35.0 Å². The molecule has 0 atom stereocenters. The highest BCUT2D eigenvalue weighted by Gasteiger charge is 2.06. The van der Waals surface area contributed by atoms with Crippen LogP contribution in [-0.4, -0.2) is 23.7 Å². The maximum Gasteiger partial charge on any atom is 0.160 e. The molecule has 2 aromatic carbocycles. The number of hydrogen-bond acceptors (Lipinski definition) is 4. The Morgan fingerprint density at radius 1 is 1.21 bits per heavy atom. The first-order chi connectivity index (χ1) is 11.7. The molecule has 0 amide bonds. The van der Waals surface area contributed by atoms with Gasteiger partial charge in [-0.2, -0.15) is 0 Å². The first kappa shape index (κ1) is 16.2. The monoisotopic (exact) mass is 326 g/mol. The highest BCUT2D eigenvalue weighted by Crippen LogP contribution is 2.26. The van der Waals surface area contributed by atoms with Gasteiger partial charge in [-0.1, -0.05) is 12.1 Å². The minimum atomic E-state index is -0.254. The normalized spacial score (nSPS) is 10.9. The molecule has 5 heteroatoms. The van der Waals surface area contributed by atoms with Crippen molar-refractivity contribution in [1.82, 2.24) is 10.3 Å². The van der Waals surface area contributed by atoms with Crippen molar-refractivity contribution in [3.05, 3.63) is 65.6 Å². The molecule has 0 aliphatic heterocycles. The lowest BCUT2D eigenvalue weighted by Gasteiger charge is -2.09. The summed E-state index contributed by atoms with van der Waals surface area (Å²) in [4.78, 5) is 4.34. The number of pyridine rings is 1. The van der Waals surface area contributed by atoms with E-state index in [1.807, 2.05) is 18.2 Å². The summed E-state index contributed by atoms with van der Waals surface area (Å²) >= 11 is 0. The van der Waals surface area contributed by atoms with E-state index in [1.54, 1.807) is 18.3 Å². The van der Waals surface area contributed by atoms with Crippen LogP contribution in [0.5, 0.6) is 11.5 Å². The summed E-state index contributed by atoms with van der Waals surface area (Å²) in [5, 5.41) is 13.7. The van der Waals surface area contributed by atoms with Gasteiger partial charge in [-0.25, -0.2) is 4.39 Å². The lowest BCUT2D eigenvalue weighted by Crippen LogP contribution is -2.17. The average Bonchev–Trinajstić information content (AvgIpc) is 2.59. The van der Waals surface area contributed by atoms with Crippen molar-refractivity contribution in [2.75, 3.05) is 13.7 Å². The summed E-state index contributed by atoms with van der Waals surface area (Å²) in [6.07, 6.45) is 2.49. The lowest BCUT2D eigenvalue weighted by molar-refractivity contribution is 0.373. The first-order valence-electron chi connectivity index (χ1n) is 7.77. The second-order valence-corrected chi connectivity index (χ2v) is 5.57. The smallest absolute Gasteiger partial charge is 0.160 e. The van der Waals surface area contributed by atoms with Gasteiger partial charge in [0.05, 0.1) is 12.6 Å². The van der Waals surface area contributed by atoms with Crippen LogP contribution in [0.15, 0.2) is 48.7 Å². The minimum absolute atomic E-state index is 0.131. The van der Waals surface area contributed by atoms with Crippen LogP contribution in [0.25, 0.3) is 10.9 Å². The highest BCUT2D eigenvalue weighted by molar-refractivity contribution is 5.81. The number of methoxy groups -OCH3 is 1. The van der Waals surface area contributed by atoms with Gasteiger partial charge in [-0.15, -0.1) is 0 Å². The van der Waals surface area contributed by atoms with Gasteiger partial charge in [0.2, 0.25) is 0 Å². The Labute approximate surface area is 139 Å². The van der Waals surface area contributed by atoms with Crippen molar-refractivity contribution in [2.45, 2.75) is 13.0 Å². The van der Waals surface area contributed by atoms with E-state index in [9.17, 15) is 9.50 Å². The molecule has 0 saturated heterocycles. The predicted octanol–water partition coefficient (Wildman–Crippen LogP) is 3.42. The van der Waals surface area contributed by atoms with E-state index >= 15 is 0 Å². The lowest BCUT2D eigenvalue weighted by atomic mass is 10.1. The number of phenols is 1. The summed E-state index contributed by atoms with van der Waals surface area (Å²) < 4.78 is 18.8. The van der Waals surface area contributed by atoms with E-state index in [2.05, 4.69) is 10.3 Å². The average molecular weight is 326 g/mol. The maximum absolute atomic E-state index is 13.7. The van der Waals surface area contributed by atoms with E-state index < -0.39 is 0 Å². The van der Waals surface area contributed by atoms with Crippen LogP contribution in [0.4, 0.5) is 4.39 Å². The Morgan fingerprint density at radius 2 is 2.08 bits per heavy atom. The molecular formula is C19H19FN2O2. The molecule has 4 nitrogen and oxygen atoms in total. The number of rotatable bonds is 6. The number of phenolic OH excluding ortho intramolecular Hbond substituents is 1. The third kappa shape index (κ3) is 3.63. The molecule has 24 heavy (non-hydrogen) atoms. The fourth-order valence-corrected chi connectivity index (χ4v) is 2.70. The summed E-state index contributed by atoms with van der Waals surface area (Å²) in [6.45, 7) is 1.26. The molecule has 0 radical (unpaired) electrons. The molecule has 1 aromatic heterocycles. The summed E-state index contributed by atoms with van der Waals surface area (Å²) in [5.41, 5.74) is 2.71. The zero-order chi connectivity index (χ0) is 16.9. The fraction of sp³-hybridized carbons (Fsp3) is 0.211. The Balaban J connectivity index is 1.63. The molecule has 124 valence electrons. The molecule has 0 aliphatic carbocycles. The fourth-order valence-electron chi connectivity index (χ4n) is 2.70. The van der Waals surface area contributed by atoms with Crippen molar-refractivity contribution < 1.29 is 14.2 Å². The molecule has 1 heterocycles. The van der Waals surface area contributed by atoms with Crippen LogP contribution < -0.4 is 10.1 Å². The van der Waals surface area contributed by atoms with Crippen LogP contribution in [0, 0.1) is 5.82 Å². The third-order valence-electron chi connectivity index (χ3n) is 3.90. The van der Waals surface area contributed by atoms with Crippen LogP contribution >= 0.6 is 0 Å². The van der Waals surface area contributed by atoms with Gasteiger partial charge < -0.3 is 15.2 Å². The van der Waals surface area contributed by atoms with Crippen molar-refractivity contribution in [3.8, 4) is 11.5 Å². The van der Waals surface area contributed by atoms with Crippen molar-refractivity contribution in [2.24, 2.45) is 0 Å². The summed E-state index contributed by atoms with van der Waals surface area (Å²) in [7, 11) is 1.53. The molecule has 0 fully saturated rings. The largest absolute Gasteiger partial charge is 0.504 e. The quantitative estimate of drug-likeness (QED) is 0.682. The number of benzene rings is 2. The predicted molar refractivity (Wildman–Crippen MR) is 91.8 cm³/mol. The number of fused-ring (bicyclic) bond motifs is 1. The summed E-state index contributed by atoms with van der Waals surface area (Å²) in [5.74, 6) is 0.343. The van der Waals surface area contributed by atoms with Crippen molar-refractivity contribution in [1.29, 1.82) is 0 Å². The Hall–Kier alpha value is -2.66. The minimum Gasteiger partial charge on any atom is -0.504 e. The van der Waals surface area contributed by atoms with Crippen LogP contribution in [0.3, 0.4) is 0 Å². The van der Waals surface area contributed by atoms with Gasteiger partial charge >= 0.3 is 0 Å². The topological polar surface area (TPSA) is 54.4 Å². The number of halogens is 1. The maximum atomic E-state index is 13.7. The van der Waals surface area contributed by atoms with E-state index in [1.165, 1.54) is 19.2 Å². The third-order valence-corrected chi connectivity index (χ3v) is 3.90. The highest BCUT2D eigenvalue weighted by atomic mass is 19.1. The van der Waals surface area contributed by atoms with Crippen molar-refractivity contribution in [3.63, 3.8) is 0 Å². The number of ether oxygens (including phenoxy) is 1.